The molecule has 34 heavy (non-hydrogen) atoms. The minimum Gasteiger partial charge on any atom is -0.308 e. The van der Waals surface area contributed by atoms with Gasteiger partial charge < -0.3 is 9.13 Å². The van der Waals surface area contributed by atoms with Crippen LogP contribution in [0.15, 0.2) is 110 Å². The molecule has 0 bridgehead atoms. The monoisotopic (exact) mass is 440 g/mol. The van der Waals surface area contributed by atoms with Gasteiger partial charge in [-0.1, -0.05) is 35.4 Å². The minimum absolute atomic E-state index is 1.08. The Bertz CT molecular complexity index is 1450. The lowest BCUT2D eigenvalue weighted by atomic mass is 10.1. The molecule has 0 unspecified atom stereocenters. The van der Waals surface area contributed by atoms with Crippen molar-refractivity contribution in [1.29, 1.82) is 0 Å². The van der Waals surface area contributed by atoms with E-state index in [2.05, 4.69) is 106 Å². The van der Waals surface area contributed by atoms with Crippen molar-refractivity contribution in [3.63, 3.8) is 0 Å². The van der Waals surface area contributed by atoms with Gasteiger partial charge >= 0.3 is 0 Å². The van der Waals surface area contributed by atoms with Crippen LogP contribution in [-0.4, -0.2) is 19.1 Å². The Kier molecular flexibility index (Phi) is 4.84. The largest absolute Gasteiger partial charge is 0.308 e. The van der Waals surface area contributed by atoms with Gasteiger partial charge in [0.1, 0.15) is 0 Å². The zero-order chi connectivity index (χ0) is 23.1. The first-order valence-corrected chi connectivity index (χ1v) is 11.4. The van der Waals surface area contributed by atoms with Crippen LogP contribution in [0.2, 0.25) is 0 Å². The molecule has 164 valence electrons. The predicted molar refractivity (Wildman–Crippen MR) is 139 cm³/mol. The first kappa shape index (κ1) is 20.2. The maximum absolute atomic E-state index is 4.39. The number of hydrogen-bond donors (Lipinski definition) is 0. The fourth-order valence-electron chi connectivity index (χ4n) is 4.55. The maximum atomic E-state index is 4.39. The highest BCUT2D eigenvalue weighted by molar-refractivity contribution is 5.93. The van der Waals surface area contributed by atoms with Crippen LogP contribution in [0.4, 0.5) is 0 Å². The lowest BCUT2D eigenvalue weighted by Crippen LogP contribution is -1.97. The molecular formula is C30H24N4. The smallest absolute Gasteiger partial charge is 0.0724 e. The predicted octanol–water partition coefficient (Wildman–Crippen LogP) is 7.16. The summed E-state index contributed by atoms with van der Waals surface area (Å²) in [6, 6.07) is 30.1. The third kappa shape index (κ3) is 3.41. The Morgan fingerprint density at radius 2 is 0.941 bits per heavy atom. The van der Waals surface area contributed by atoms with E-state index >= 15 is 0 Å². The molecule has 4 aromatic heterocycles. The highest BCUT2D eigenvalue weighted by Gasteiger charge is 2.20. The fourth-order valence-corrected chi connectivity index (χ4v) is 4.55. The minimum atomic E-state index is 1.08. The number of aromatic nitrogens is 4. The molecule has 0 saturated carbocycles. The van der Waals surface area contributed by atoms with E-state index in [0.29, 0.717) is 0 Å². The summed E-state index contributed by atoms with van der Waals surface area (Å²) in [6.45, 7) is 4.23. The number of pyridine rings is 2. The molecule has 0 saturated heterocycles. The van der Waals surface area contributed by atoms with Crippen LogP contribution in [0.5, 0.6) is 0 Å². The van der Waals surface area contributed by atoms with Crippen molar-refractivity contribution in [3.05, 3.63) is 121 Å². The van der Waals surface area contributed by atoms with Gasteiger partial charge in [-0.15, -0.1) is 0 Å². The molecule has 0 spiro atoms. The van der Waals surface area contributed by atoms with E-state index in [1.54, 1.807) is 0 Å². The van der Waals surface area contributed by atoms with Crippen molar-refractivity contribution in [2.24, 2.45) is 0 Å². The molecule has 4 heterocycles. The molecule has 4 heteroatoms. The van der Waals surface area contributed by atoms with Crippen LogP contribution < -0.4 is 0 Å². The van der Waals surface area contributed by atoms with Gasteiger partial charge in [-0.05, 0) is 74.5 Å². The van der Waals surface area contributed by atoms with Crippen LogP contribution in [0.1, 0.15) is 11.1 Å². The number of fused-ring (bicyclic) bond motifs is 1. The van der Waals surface area contributed by atoms with Gasteiger partial charge in [0.15, 0.2) is 0 Å². The number of aryl methyl sites for hydroxylation is 2. The van der Waals surface area contributed by atoms with Crippen molar-refractivity contribution in [3.8, 4) is 33.9 Å². The van der Waals surface area contributed by atoms with Gasteiger partial charge in [-0.25, -0.2) is 0 Å². The summed E-state index contributed by atoms with van der Waals surface area (Å²) in [6.07, 6.45) is 7.49. The molecule has 2 aromatic carbocycles. The molecular weight excluding hydrogens is 416 g/mol. The number of rotatable bonds is 4. The molecule has 0 fully saturated rings. The van der Waals surface area contributed by atoms with Crippen molar-refractivity contribution in [2.45, 2.75) is 13.8 Å². The molecule has 0 aliphatic heterocycles. The summed E-state index contributed by atoms with van der Waals surface area (Å²) in [7, 11) is 0. The maximum Gasteiger partial charge on any atom is 0.0724 e. The van der Waals surface area contributed by atoms with Gasteiger partial charge in [0.2, 0.25) is 0 Å². The molecule has 0 amide bonds. The highest BCUT2D eigenvalue weighted by atomic mass is 15.1. The van der Waals surface area contributed by atoms with E-state index < -0.39 is 0 Å². The van der Waals surface area contributed by atoms with E-state index in [1.165, 1.54) is 11.1 Å². The molecule has 0 N–H and O–H groups in total. The van der Waals surface area contributed by atoms with Crippen molar-refractivity contribution < 1.29 is 0 Å². The summed E-state index contributed by atoms with van der Waals surface area (Å²) >= 11 is 0. The molecule has 0 aliphatic rings. The first-order chi connectivity index (χ1) is 16.7. The zero-order valence-electron chi connectivity index (χ0n) is 19.2. The molecule has 6 rings (SSSR count). The van der Waals surface area contributed by atoms with Gasteiger partial charge in [0.05, 0.1) is 22.4 Å². The zero-order valence-corrected chi connectivity index (χ0v) is 19.2. The van der Waals surface area contributed by atoms with Gasteiger partial charge in [-0.2, -0.15) is 0 Å². The van der Waals surface area contributed by atoms with Gasteiger partial charge in [0.25, 0.3) is 0 Å². The van der Waals surface area contributed by atoms with E-state index in [4.69, 9.17) is 0 Å². The molecule has 0 radical (unpaired) electrons. The summed E-state index contributed by atoms with van der Waals surface area (Å²) in [5.41, 5.74) is 11.4. The Morgan fingerprint density at radius 1 is 0.529 bits per heavy atom. The summed E-state index contributed by atoms with van der Waals surface area (Å²) in [5.74, 6) is 0. The summed E-state index contributed by atoms with van der Waals surface area (Å²) < 4.78 is 4.66. The average Bonchev–Trinajstić information content (AvgIpc) is 3.43. The molecule has 0 atom stereocenters. The third-order valence-electron chi connectivity index (χ3n) is 6.27. The quantitative estimate of drug-likeness (QED) is 0.291. The Hall–Kier alpha value is -4.44. The van der Waals surface area contributed by atoms with Crippen LogP contribution in [0, 0.1) is 13.8 Å². The Morgan fingerprint density at radius 3 is 1.29 bits per heavy atom. The first-order valence-electron chi connectivity index (χ1n) is 11.4. The van der Waals surface area contributed by atoms with Crippen LogP contribution in [0.3, 0.4) is 0 Å². The second-order valence-electron chi connectivity index (χ2n) is 8.65. The van der Waals surface area contributed by atoms with Gasteiger partial charge in [0, 0.05) is 47.3 Å². The molecule has 0 aliphatic carbocycles. The second kappa shape index (κ2) is 8.16. The topological polar surface area (TPSA) is 35.6 Å². The van der Waals surface area contributed by atoms with Crippen LogP contribution in [0.25, 0.3) is 44.9 Å². The normalized spacial score (nSPS) is 11.2. The Balaban J connectivity index is 1.71. The lowest BCUT2D eigenvalue weighted by Gasteiger charge is -2.12. The number of hydrogen-bond acceptors (Lipinski definition) is 2. The van der Waals surface area contributed by atoms with E-state index in [0.717, 1.165) is 44.9 Å². The number of benzene rings is 2. The van der Waals surface area contributed by atoms with Gasteiger partial charge in [-0.3, -0.25) is 9.97 Å². The van der Waals surface area contributed by atoms with Crippen molar-refractivity contribution in [1.82, 2.24) is 19.1 Å². The standard InChI is InChI=1S/C30H24N4/c1-21-7-11-25(12-8-21)33-27(23-5-3-15-31-19-23)17-30-29(33)18-28(24-6-4-16-32-20-24)34(30)26-13-9-22(2)10-14-26/h3-20H,1-2H3. The van der Waals surface area contributed by atoms with E-state index in [-0.39, 0.29) is 0 Å². The lowest BCUT2D eigenvalue weighted by molar-refractivity contribution is 1.12. The highest BCUT2D eigenvalue weighted by Crippen LogP contribution is 2.38. The van der Waals surface area contributed by atoms with Crippen LogP contribution >= 0.6 is 0 Å². The SMILES string of the molecule is Cc1ccc(-n2c(-c3cccnc3)cc3c2cc(-c2cccnc2)n3-c2ccc(C)cc2)cc1. The fraction of sp³-hybridized carbons (Fsp3) is 0.0667. The van der Waals surface area contributed by atoms with Crippen molar-refractivity contribution in [2.75, 3.05) is 0 Å². The van der Waals surface area contributed by atoms with E-state index in [9.17, 15) is 0 Å². The number of nitrogens with zero attached hydrogens (tertiary/aromatic N) is 4. The van der Waals surface area contributed by atoms with Crippen LogP contribution in [-0.2, 0) is 0 Å². The molecule has 6 aromatic rings. The summed E-state index contributed by atoms with van der Waals surface area (Å²) in [5, 5.41) is 0. The Labute approximate surface area is 198 Å². The summed E-state index contributed by atoms with van der Waals surface area (Å²) in [4.78, 5) is 8.78. The second-order valence-corrected chi connectivity index (χ2v) is 8.65. The van der Waals surface area contributed by atoms with Crippen molar-refractivity contribution >= 4 is 11.0 Å². The average molecular weight is 441 g/mol. The van der Waals surface area contributed by atoms with E-state index in [1.807, 2.05) is 36.9 Å². The molecule has 4 nitrogen and oxygen atoms in total. The third-order valence-corrected chi connectivity index (χ3v) is 6.27.